The summed E-state index contributed by atoms with van der Waals surface area (Å²) in [5.41, 5.74) is 2.92. The van der Waals surface area contributed by atoms with Crippen molar-refractivity contribution in [1.29, 1.82) is 0 Å². The standard InChI is InChI=1S/C23H31N9O2/c1-5-6-10-31-21-20(22(33)27-23(31)34)30(11-9-15(2)3)19(26-21)13-24-17-7-8-18(16(4)12-17)32-14-25-28-29-32/h7-8,12,14-15,24H,5-6,9-11,13H2,1-4H3,(H,27,33,34). The lowest BCUT2D eigenvalue weighted by Gasteiger charge is -2.13. The lowest BCUT2D eigenvalue weighted by atomic mass is 10.1. The van der Waals surface area contributed by atoms with Gasteiger partial charge in [0, 0.05) is 18.8 Å². The molecule has 0 saturated heterocycles. The number of hydrogen-bond acceptors (Lipinski definition) is 7. The maximum Gasteiger partial charge on any atom is 0.330 e. The lowest BCUT2D eigenvalue weighted by Crippen LogP contribution is -2.31. The summed E-state index contributed by atoms with van der Waals surface area (Å²) in [6, 6.07) is 5.92. The van der Waals surface area contributed by atoms with Gasteiger partial charge in [-0.2, -0.15) is 0 Å². The first kappa shape index (κ1) is 23.4. The second kappa shape index (κ2) is 10.0. The quantitative estimate of drug-likeness (QED) is 0.368. The molecular weight excluding hydrogens is 434 g/mol. The SMILES string of the molecule is CCCCn1c(=O)[nH]c(=O)c2c1nc(CNc1ccc(-n3cnnn3)c(C)c1)n2CCC(C)C. The van der Waals surface area contributed by atoms with E-state index >= 15 is 0 Å². The van der Waals surface area contributed by atoms with Crippen molar-refractivity contribution >= 4 is 16.9 Å². The van der Waals surface area contributed by atoms with Gasteiger partial charge in [0.15, 0.2) is 11.2 Å². The molecule has 0 aliphatic rings. The number of nitrogens with zero attached hydrogens (tertiary/aromatic N) is 7. The van der Waals surface area contributed by atoms with Crippen molar-refractivity contribution in [2.45, 2.75) is 66.6 Å². The largest absolute Gasteiger partial charge is 0.378 e. The predicted octanol–water partition coefficient (Wildman–Crippen LogP) is 2.63. The fourth-order valence-corrected chi connectivity index (χ4v) is 3.98. The van der Waals surface area contributed by atoms with Crippen LogP contribution in [-0.2, 0) is 19.6 Å². The van der Waals surface area contributed by atoms with Crippen molar-refractivity contribution in [3.63, 3.8) is 0 Å². The second-order valence-electron chi connectivity index (χ2n) is 8.91. The minimum absolute atomic E-state index is 0.392. The number of aromatic amines is 1. The minimum Gasteiger partial charge on any atom is -0.378 e. The van der Waals surface area contributed by atoms with Gasteiger partial charge in [-0.25, -0.2) is 14.5 Å². The molecule has 0 amide bonds. The van der Waals surface area contributed by atoms with Crippen LogP contribution < -0.4 is 16.6 Å². The highest BCUT2D eigenvalue weighted by Gasteiger charge is 2.18. The van der Waals surface area contributed by atoms with Crippen molar-refractivity contribution in [2.24, 2.45) is 5.92 Å². The Morgan fingerprint density at radius 2 is 1.97 bits per heavy atom. The Kier molecular flexibility index (Phi) is 6.90. The van der Waals surface area contributed by atoms with E-state index in [9.17, 15) is 9.59 Å². The number of tetrazole rings is 1. The fourth-order valence-electron chi connectivity index (χ4n) is 3.98. The van der Waals surface area contributed by atoms with E-state index in [0.29, 0.717) is 36.7 Å². The van der Waals surface area contributed by atoms with Crippen LogP contribution in [0.25, 0.3) is 16.9 Å². The van der Waals surface area contributed by atoms with E-state index < -0.39 is 11.2 Å². The van der Waals surface area contributed by atoms with Gasteiger partial charge in [0.05, 0.1) is 12.2 Å². The molecule has 3 aromatic heterocycles. The Bertz CT molecular complexity index is 1380. The number of anilines is 1. The Morgan fingerprint density at radius 1 is 1.15 bits per heavy atom. The maximum absolute atomic E-state index is 12.8. The number of rotatable bonds is 10. The molecule has 0 unspecified atom stereocenters. The summed E-state index contributed by atoms with van der Waals surface area (Å²) in [4.78, 5) is 32.6. The summed E-state index contributed by atoms with van der Waals surface area (Å²) in [6.07, 6.45) is 4.23. The van der Waals surface area contributed by atoms with Gasteiger partial charge >= 0.3 is 5.69 Å². The second-order valence-corrected chi connectivity index (χ2v) is 8.91. The first-order valence-electron chi connectivity index (χ1n) is 11.7. The zero-order valence-electron chi connectivity index (χ0n) is 20.1. The molecule has 0 aliphatic heterocycles. The first-order valence-corrected chi connectivity index (χ1v) is 11.7. The van der Waals surface area contributed by atoms with E-state index in [2.05, 4.69) is 46.6 Å². The summed E-state index contributed by atoms with van der Waals surface area (Å²) in [7, 11) is 0. The molecule has 11 nitrogen and oxygen atoms in total. The number of H-pyrrole nitrogens is 1. The van der Waals surface area contributed by atoms with Gasteiger partial charge in [-0.05, 0) is 59.9 Å². The van der Waals surface area contributed by atoms with E-state index in [1.165, 1.54) is 0 Å². The van der Waals surface area contributed by atoms with Crippen molar-refractivity contribution in [3.05, 3.63) is 56.8 Å². The van der Waals surface area contributed by atoms with Gasteiger partial charge in [-0.3, -0.25) is 14.3 Å². The van der Waals surface area contributed by atoms with Crippen LogP contribution in [0.15, 0.2) is 34.1 Å². The van der Waals surface area contributed by atoms with Crippen LogP contribution in [0.5, 0.6) is 0 Å². The average molecular weight is 466 g/mol. The third-order valence-electron chi connectivity index (χ3n) is 5.87. The van der Waals surface area contributed by atoms with Gasteiger partial charge in [-0.15, -0.1) is 5.10 Å². The Morgan fingerprint density at radius 3 is 2.65 bits per heavy atom. The van der Waals surface area contributed by atoms with Crippen LogP contribution in [0.1, 0.15) is 51.4 Å². The van der Waals surface area contributed by atoms with Crippen molar-refractivity contribution < 1.29 is 0 Å². The van der Waals surface area contributed by atoms with Gasteiger partial charge in [0.2, 0.25) is 0 Å². The summed E-state index contributed by atoms with van der Waals surface area (Å²) in [5.74, 6) is 1.18. The molecule has 0 bridgehead atoms. The normalized spacial score (nSPS) is 11.6. The summed E-state index contributed by atoms with van der Waals surface area (Å²) in [6.45, 7) is 9.94. The Balaban J connectivity index is 1.69. The number of aromatic nitrogens is 8. The molecular formula is C23H31N9O2. The molecule has 4 aromatic rings. The zero-order valence-corrected chi connectivity index (χ0v) is 20.1. The molecule has 0 radical (unpaired) electrons. The third-order valence-corrected chi connectivity index (χ3v) is 5.87. The van der Waals surface area contributed by atoms with Crippen LogP contribution in [0, 0.1) is 12.8 Å². The molecule has 34 heavy (non-hydrogen) atoms. The molecule has 0 spiro atoms. The Hall–Kier alpha value is -3.76. The highest BCUT2D eigenvalue weighted by atomic mass is 16.2. The summed E-state index contributed by atoms with van der Waals surface area (Å²) < 4.78 is 5.15. The maximum atomic E-state index is 12.8. The highest BCUT2D eigenvalue weighted by molar-refractivity contribution is 5.71. The van der Waals surface area contributed by atoms with Crippen LogP contribution in [0.2, 0.25) is 0 Å². The fraction of sp³-hybridized carbons (Fsp3) is 0.478. The molecule has 11 heteroatoms. The number of aryl methyl sites for hydroxylation is 3. The molecule has 0 saturated carbocycles. The van der Waals surface area contributed by atoms with Crippen LogP contribution >= 0.6 is 0 Å². The number of nitrogens with one attached hydrogen (secondary N) is 2. The predicted molar refractivity (Wildman–Crippen MR) is 130 cm³/mol. The lowest BCUT2D eigenvalue weighted by molar-refractivity contribution is 0.513. The van der Waals surface area contributed by atoms with E-state index in [0.717, 1.165) is 42.0 Å². The van der Waals surface area contributed by atoms with Crippen molar-refractivity contribution in [3.8, 4) is 5.69 Å². The molecule has 4 rings (SSSR count). The van der Waals surface area contributed by atoms with E-state index in [1.54, 1.807) is 15.6 Å². The number of hydrogen-bond donors (Lipinski definition) is 2. The topological polar surface area (TPSA) is 128 Å². The smallest absolute Gasteiger partial charge is 0.330 e. The van der Waals surface area contributed by atoms with Gasteiger partial charge in [-0.1, -0.05) is 27.2 Å². The van der Waals surface area contributed by atoms with E-state index in [4.69, 9.17) is 4.98 Å². The van der Waals surface area contributed by atoms with Gasteiger partial charge in [0.25, 0.3) is 5.56 Å². The van der Waals surface area contributed by atoms with Crippen LogP contribution in [-0.4, -0.2) is 39.3 Å². The summed E-state index contributed by atoms with van der Waals surface area (Å²) in [5, 5.41) is 14.7. The van der Waals surface area contributed by atoms with Gasteiger partial charge in [0.1, 0.15) is 12.2 Å². The summed E-state index contributed by atoms with van der Waals surface area (Å²) >= 11 is 0. The van der Waals surface area contributed by atoms with E-state index in [1.807, 2.05) is 29.7 Å². The molecule has 0 atom stereocenters. The van der Waals surface area contributed by atoms with E-state index in [-0.39, 0.29) is 0 Å². The molecule has 1 aromatic carbocycles. The molecule has 0 fully saturated rings. The van der Waals surface area contributed by atoms with Crippen molar-refractivity contribution in [1.82, 2.24) is 39.3 Å². The first-order chi connectivity index (χ1) is 16.4. The minimum atomic E-state index is -0.409. The number of benzene rings is 1. The van der Waals surface area contributed by atoms with Crippen molar-refractivity contribution in [2.75, 3.05) is 5.32 Å². The average Bonchev–Trinajstić information content (AvgIpc) is 3.44. The number of fused-ring (bicyclic) bond motifs is 1. The van der Waals surface area contributed by atoms with Crippen LogP contribution in [0.4, 0.5) is 5.69 Å². The molecule has 2 N–H and O–H groups in total. The van der Waals surface area contributed by atoms with Gasteiger partial charge < -0.3 is 9.88 Å². The molecule has 0 aliphatic carbocycles. The van der Waals surface area contributed by atoms with Crippen LogP contribution in [0.3, 0.4) is 0 Å². The zero-order chi connectivity index (χ0) is 24.2. The molecule has 3 heterocycles. The third kappa shape index (κ3) is 4.78. The number of unbranched alkanes of at least 4 members (excludes halogenated alkanes) is 1. The monoisotopic (exact) mass is 465 g/mol. The Labute approximate surface area is 196 Å². The number of imidazole rings is 1. The highest BCUT2D eigenvalue weighted by Crippen LogP contribution is 2.20. The molecule has 180 valence electrons.